The van der Waals surface area contributed by atoms with Gasteiger partial charge in [-0.05, 0) is 41.4 Å². The number of amides is 1. The number of aromatic nitrogens is 3. The molecule has 0 aliphatic heterocycles. The van der Waals surface area contributed by atoms with Crippen molar-refractivity contribution in [2.75, 3.05) is 17.2 Å². The maximum Gasteiger partial charge on any atom is 0.277 e. The molecule has 7 heteroatoms. The number of anilines is 2. The molecule has 0 unspecified atom stereocenters. The second kappa shape index (κ2) is 7.12. The van der Waals surface area contributed by atoms with E-state index in [1.165, 1.54) is 6.20 Å². The van der Waals surface area contributed by atoms with E-state index in [9.17, 15) is 4.79 Å². The molecule has 0 fully saturated rings. The number of carbonyl (C=O) groups is 1. The Bertz CT molecular complexity index is 647. The molecule has 6 nitrogen and oxygen atoms in total. The largest absolute Gasteiger partial charge is 0.369 e. The first-order valence-electron chi connectivity index (χ1n) is 6.60. The number of aryl methyl sites for hydroxylation is 1. The molecule has 0 aliphatic carbocycles. The molecule has 0 aliphatic rings. The standard InChI is InChI=1S/C14H16BrN5O/c1-3-6-17-13-8-16-7-11(19-13)14(21)20-12-5-4-10(15)9(2)18-12/h4-5,7-8H,3,6H2,1-2H3,(H,17,19)(H,18,20,21). The molecule has 0 saturated heterocycles. The molecule has 2 N–H and O–H groups in total. The molecule has 0 bridgehead atoms. The van der Waals surface area contributed by atoms with Gasteiger partial charge in [0.1, 0.15) is 17.3 Å². The van der Waals surface area contributed by atoms with Crippen LogP contribution in [0.15, 0.2) is 29.0 Å². The van der Waals surface area contributed by atoms with E-state index in [0.29, 0.717) is 11.6 Å². The molecule has 0 aromatic carbocycles. The summed E-state index contributed by atoms with van der Waals surface area (Å²) in [4.78, 5) is 24.7. The molecule has 2 rings (SSSR count). The van der Waals surface area contributed by atoms with Gasteiger partial charge in [-0.15, -0.1) is 0 Å². The van der Waals surface area contributed by atoms with Crippen molar-refractivity contribution in [3.63, 3.8) is 0 Å². The van der Waals surface area contributed by atoms with Crippen LogP contribution in [-0.2, 0) is 0 Å². The van der Waals surface area contributed by atoms with Crippen molar-refractivity contribution >= 4 is 33.5 Å². The minimum absolute atomic E-state index is 0.249. The van der Waals surface area contributed by atoms with Gasteiger partial charge in [0.2, 0.25) is 0 Å². The van der Waals surface area contributed by atoms with Crippen molar-refractivity contribution in [3.05, 3.63) is 40.4 Å². The average Bonchev–Trinajstić information content (AvgIpc) is 2.49. The molecule has 2 aromatic rings. The normalized spacial score (nSPS) is 10.2. The van der Waals surface area contributed by atoms with Gasteiger partial charge in [-0.2, -0.15) is 0 Å². The molecule has 0 radical (unpaired) electrons. The Morgan fingerprint density at radius 2 is 2.05 bits per heavy atom. The van der Waals surface area contributed by atoms with E-state index in [-0.39, 0.29) is 11.6 Å². The van der Waals surface area contributed by atoms with E-state index >= 15 is 0 Å². The number of hydrogen-bond donors (Lipinski definition) is 2. The topological polar surface area (TPSA) is 79.8 Å². The third kappa shape index (κ3) is 4.22. The highest BCUT2D eigenvalue weighted by atomic mass is 79.9. The third-order valence-electron chi connectivity index (χ3n) is 2.69. The van der Waals surface area contributed by atoms with Crippen molar-refractivity contribution in [2.24, 2.45) is 0 Å². The van der Waals surface area contributed by atoms with Crippen LogP contribution in [0.2, 0.25) is 0 Å². The highest BCUT2D eigenvalue weighted by Gasteiger charge is 2.10. The highest BCUT2D eigenvalue weighted by molar-refractivity contribution is 9.10. The van der Waals surface area contributed by atoms with Crippen LogP contribution in [0, 0.1) is 6.92 Å². The highest BCUT2D eigenvalue weighted by Crippen LogP contribution is 2.16. The van der Waals surface area contributed by atoms with Crippen LogP contribution in [0.25, 0.3) is 0 Å². The second-order valence-electron chi connectivity index (χ2n) is 4.43. The molecule has 0 atom stereocenters. The molecule has 0 spiro atoms. The van der Waals surface area contributed by atoms with Gasteiger partial charge in [-0.1, -0.05) is 6.92 Å². The number of nitrogens with zero attached hydrogens (tertiary/aromatic N) is 3. The number of halogens is 1. The minimum atomic E-state index is -0.336. The molecule has 2 heterocycles. The predicted molar refractivity (Wildman–Crippen MR) is 85.4 cm³/mol. The van der Waals surface area contributed by atoms with Crippen LogP contribution in [0.5, 0.6) is 0 Å². The number of rotatable bonds is 5. The van der Waals surface area contributed by atoms with Crippen molar-refractivity contribution < 1.29 is 4.79 Å². The summed E-state index contributed by atoms with van der Waals surface area (Å²) in [6.07, 6.45) is 3.99. The summed E-state index contributed by atoms with van der Waals surface area (Å²) in [6, 6.07) is 3.56. The fourth-order valence-corrected chi connectivity index (χ4v) is 1.83. The van der Waals surface area contributed by atoms with Gasteiger partial charge in [-0.3, -0.25) is 9.78 Å². The smallest absolute Gasteiger partial charge is 0.277 e. The monoisotopic (exact) mass is 349 g/mol. The number of hydrogen-bond acceptors (Lipinski definition) is 5. The molecule has 0 saturated carbocycles. The lowest BCUT2D eigenvalue weighted by atomic mass is 10.3. The lowest BCUT2D eigenvalue weighted by Gasteiger charge is -2.07. The van der Waals surface area contributed by atoms with Crippen molar-refractivity contribution in [1.29, 1.82) is 0 Å². The molecular formula is C14H16BrN5O. The SMILES string of the molecule is CCCNc1cncc(C(=O)Nc2ccc(Br)c(C)n2)n1. The Balaban J connectivity index is 2.10. The zero-order valence-electron chi connectivity index (χ0n) is 11.9. The lowest BCUT2D eigenvalue weighted by Crippen LogP contribution is -2.16. The van der Waals surface area contributed by atoms with Crippen LogP contribution in [0.3, 0.4) is 0 Å². The summed E-state index contributed by atoms with van der Waals surface area (Å²) in [7, 11) is 0. The Labute approximate surface area is 131 Å². The number of pyridine rings is 1. The van der Waals surface area contributed by atoms with Crippen LogP contribution in [-0.4, -0.2) is 27.4 Å². The molecule has 2 aromatic heterocycles. The van der Waals surface area contributed by atoms with E-state index < -0.39 is 0 Å². The summed E-state index contributed by atoms with van der Waals surface area (Å²) in [6.45, 7) is 4.70. The summed E-state index contributed by atoms with van der Waals surface area (Å²) in [5.74, 6) is 0.732. The zero-order valence-corrected chi connectivity index (χ0v) is 13.4. The van der Waals surface area contributed by atoms with Crippen LogP contribution < -0.4 is 10.6 Å². The number of nitrogens with one attached hydrogen (secondary N) is 2. The van der Waals surface area contributed by atoms with E-state index in [0.717, 1.165) is 23.1 Å². The Hall–Kier alpha value is -2.02. The van der Waals surface area contributed by atoms with E-state index in [2.05, 4.69) is 48.4 Å². The van der Waals surface area contributed by atoms with Crippen molar-refractivity contribution in [2.45, 2.75) is 20.3 Å². The van der Waals surface area contributed by atoms with Crippen LogP contribution in [0.4, 0.5) is 11.6 Å². The predicted octanol–water partition coefficient (Wildman–Crippen LogP) is 3.02. The first kappa shape index (κ1) is 15.4. The Kier molecular flexibility index (Phi) is 5.21. The van der Waals surface area contributed by atoms with Gasteiger partial charge in [-0.25, -0.2) is 9.97 Å². The van der Waals surface area contributed by atoms with Gasteiger partial charge < -0.3 is 10.6 Å². The second-order valence-corrected chi connectivity index (χ2v) is 5.29. The van der Waals surface area contributed by atoms with Gasteiger partial charge >= 0.3 is 0 Å². The molecule has 1 amide bonds. The summed E-state index contributed by atoms with van der Waals surface area (Å²) in [5.41, 5.74) is 1.05. The molecule has 110 valence electrons. The van der Waals surface area contributed by atoms with Gasteiger partial charge in [0, 0.05) is 11.0 Å². The van der Waals surface area contributed by atoms with E-state index in [1.807, 2.05) is 13.0 Å². The van der Waals surface area contributed by atoms with Crippen molar-refractivity contribution in [3.8, 4) is 0 Å². The summed E-state index contributed by atoms with van der Waals surface area (Å²) >= 11 is 3.37. The average molecular weight is 350 g/mol. The van der Waals surface area contributed by atoms with Crippen LogP contribution in [0.1, 0.15) is 29.5 Å². The fraction of sp³-hybridized carbons (Fsp3) is 0.286. The number of carbonyl (C=O) groups excluding carboxylic acids is 1. The fourth-order valence-electron chi connectivity index (χ4n) is 1.61. The van der Waals surface area contributed by atoms with Gasteiger partial charge in [0.05, 0.1) is 18.1 Å². The summed E-state index contributed by atoms with van der Waals surface area (Å²) < 4.78 is 0.894. The molecule has 21 heavy (non-hydrogen) atoms. The maximum absolute atomic E-state index is 12.1. The first-order chi connectivity index (χ1) is 10.1. The van der Waals surface area contributed by atoms with E-state index in [4.69, 9.17) is 0 Å². The third-order valence-corrected chi connectivity index (χ3v) is 3.52. The van der Waals surface area contributed by atoms with Gasteiger partial charge in [0.15, 0.2) is 0 Å². The first-order valence-corrected chi connectivity index (χ1v) is 7.40. The molecular weight excluding hydrogens is 334 g/mol. The Morgan fingerprint density at radius 3 is 2.76 bits per heavy atom. The maximum atomic E-state index is 12.1. The van der Waals surface area contributed by atoms with Crippen LogP contribution >= 0.6 is 15.9 Å². The summed E-state index contributed by atoms with van der Waals surface area (Å²) in [5, 5.41) is 5.80. The zero-order chi connectivity index (χ0) is 15.2. The van der Waals surface area contributed by atoms with E-state index in [1.54, 1.807) is 12.3 Å². The lowest BCUT2D eigenvalue weighted by molar-refractivity contribution is 0.102. The Morgan fingerprint density at radius 1 is 1.24 bits per heavy atom. The van der Waals surface area contributed by atoms with Crippen molar-refractivity contribution in [1.82, 2.24) is 15.0 Å². The quantitative estimate of drug-likeness (QED) is 0.867. The minimum Gasteiger partial charge on any atom is -0.369 e. The van der Waals surface area contributed by atoms with Gasteiger partial charge in [0.25, 0.3) is 5.91 Å².